The minimum Gasteiger partial charge on any atom is -0.489 e. The van der Waals surface area contributed by atoms with Gasteiger partial charge in [0.25, 0.3) is 0 Å². The third-order valence-electron chi connectivity index (χ3n) is 3.20. The van der Waals surface area contributed by atoms with Crippen LogP contribution in [0.3, 0.4) is 0 Å². The van der Waals surface area contributed by atoms with Crippen LogP contribution in [0.25, 0.3) is 0 Å². The molecule has 0 radical (unpaired) electrons. The van der Waals surface area contributed by atoms with Gasteiger partial charge in [0.1, 0.15) is 12.4 Å². The monoisotopic (exact) mass is 299 g/mol. The summed E-state index contributed by atoms with van der Waals surface area (Å²) in [5.41, 5.74) is 7.15. The number of para-hydroxylation sites is 1. The number of hydrogen-bond acceptors (Lipinski definition) is 3. The summed E-state index contributed by atoms with van der Waals surface area (Å²) >= 11 is 0. The van der Waals surface area contributed by atoms with E-state index in [0.717, 1.165) is 11.3 Å². The molecule has 0 fully saturated rings. The van der Waals surface area contributed by atoms with E-state index < -0.39 is 11.9 Å². The number of nitrogens with two attached hydrogens (primary N) is 1. The second-order valence-corrected chi connectivity index (χ2v) is 4.85. The SMILES string of the molecule is NC(=O)c1cc(COc2ccccc2)ccc1CCC(=O)O. The van der Waals surface area contributed by atoms with Gasteiger partial charge in [-0.25, -0.2) is 0 Å². The highest BCUT2D eigenvalue weighted by molar-refractivity contribution is 5.94. The maximum absolute atomic E-state index is 11.5. The Balaban J connectivity index is 2.11. The van der Waals surface area contributed by atoms with Crippen LogP contribution in [0, 0.1) is 0 Å². The van der Waals surface area contributed by atoms with Crippen LogP contribution in [0.15, 0.2) is 48.5 Å². The summed E-state index contributed by atoms with van der Waals surface area (Å²) < 4.78 is 5.62. The lowest BCUT2D eigenvalue weighted by atomic mass is 10.00. The first-order valence-corrected chi connectivity index (χ1v) is 6.87. The number of carboxylic acids is 1. The van der Waals surface area contributed by atoms with Crippen LogP contribution >= 0.6 is 0 Å². The summed E-state index contributed by atoms with van der Waals surface area (Å²) in [5, 5.41) is 8.73. The minimum atomic E-state index is -0.910. The van der Waals surface area contributed by atoms with Crippen molar-refractivity contribution in [3.8, 4) is 5.75 Å². The van der Waals surface area contributed by atoms with Crippen LogP contribution in [0.2, 0.25) is 0 Å². The zero-order valence-electron chi connectivity index (χ0n) is 12.0. The smallest absolute Gasteiger partial charge is 0.303 e. The van der Waals surface area contributed by atoms with E-state index in [0.29, 0.717) is 17.7 Å². The van der Waals surface area contributed by atoms with Crippen LogP contribution in [-0.4, -0.2) is 17.0 Å². The number of hydrogen-bond donors (Lipinski definition) is 2. The first-order valence-electron chi connectivity index (χ1n) is 6.87. The average molecular weight is 299 g/mol. The average Bonchev–Trinajstić information content (AvgIpc) is 2.52. The number of aryl methyl sites for hydroxylation is 1. The van der Waals surface area contributed by atoms with Gasteiger partial charge in [-0.15, -0.1) is 0 Å². The van der Waals surface area contributed by atoms with E-state index in [1.807, 2.05) is 36.4 Å². The zero-order chi connectivity index (χ0) is 15.9. The lowest BCUT2D eigenvalue weighted by molar-refractivity contribution is -0.136. The van der Waals surface area contributed by atoms with Crippen molar-refractivity contribution in [1.29, 1.82) is 0 Å². The van der Waals surface area contributed by atoms with Gasteiger partial charge in [0.15, 0.2) is 0 Å². The fourth-order valence-corrected chi connectivity index (χ4v) is 2.09. The van der Waals surface area contributed by atoms with E-state index in [-0.39, 0.29) is 12.8 Å². The maximum atomic E-state index is 11.5. The Labute approximate surface area is 128 Å². The predicted molar refractivity (Wildman–Crippen MR) is 81.7 cm³/mol. The first-order chi connectivity index (χ1) is 10.6. The van der Waals surface area contributed by atoms with E-state index in [9.17, 15) is 9.59 Å². The number of benzene rings is 2. The van der Waals surface area contributed by atoms with Gasteiger partial charge in [0.05, 0.1) is 0 Å². The first kappa shape index (κ1) is 15.6. The third kappa shape index (κ3) is 4.34. The topological polar surface area (TPSA) is 89.6 Å². The molecular weight excluding hydrogens is 282 g/mol. The molecule has 22 heavy (non-hydrogen) atoms. The largest absolute Gasteiger partial charge is 0.489 e. The lowest BCUT2D eigenvalue weighted by Crippen LogP contribution is -2.15. The summed E-state index contributed by atoms with van der Waals surface area (Å²) in [6, 6.07) is 14.5. The molecule has 1 amide bonds. The Bertz CT molecular complexity index is 668. The molecule has 0 aromatic heterocycles. The van der Waals surface area contributed by atoms with E-state index in [2.05, 4.69) is 0 Å². The van der Waals surface area contributed by atoms with Gasteiger partial charge >= 0.3 is 5.97 Å². The van der Waals surface area contributed by atoms with Crippen molar-refractivity contribution in [1.82, 2.24) is 0 Å². The fourth-order valence-electron chi connectivity index (χ4n) is 2.09. The van der Waals surface area contributed by atoms with E-state index >= 15 is 0 Å². The molecule has 114 valence electrons. The molecule has 2 aromatic carbocycles. The molecule has 0 aliphatic carbocycles. The highest BCUT2D eigenvalue weighted by Gasteiger charge is 2.11. The summed E-state index contributed by atoms with van der Waals surface area (Å²) in [5.74, 6) is -0.744. The summed E-state index contributed by atoms with van der Waals surface area (Å²) in [6.07, 6.45) is 0.230. The Morgan fingerprint density at radius 1 is 1.09 bits per heavy atom. The Kier molecular flexibility index (Phi) is 5.14. The molecule has 0 aliphatic rings. The molecule has 0 unspecified atom stereocenters. The molecule has 5 heteroatoms. The molecule has 0 heterocycles. The van der Waals surface area contributed by atoms with Crippen molar-refractivity contribution in [2.75, 3.05) is 0 Å². The standard InChI is InChI=1S/C17H17NO4/c18-17(21)15-10-12(6-7-13(15)8-9-16(19)20)11-22-14-4-2-1-3-5-14/h1-7,10H,8-9,11H2,(H2,18,21)(H,19,20). The van der Waals surface area contributed by atoms with E-state index in [1.165, 1.54) is 0 Å². The lowest BCUT2D eigenvalue weighted by Gasteiger charge is -2.10. The molecule has 0 aliphatic heterocycles. The number of carbonyl (C=O) groups is 2. The van der Waals surface area contributed by atoms with Gasteiger partial charge in [-0.1, -0.05) is 30.3 Å². The van der Waals surface area contributed by atoms with Gasteiger partial charge in [0.2, 0.25) is 5.91 Å². The highest BCUT2D eigenvalue weighted by Crippen LogP contribution is 2.16. The van der Waals surface area contributed by atoms with Gasteiger partial charge < -0.3 is 15.6 Å². The van der Waals surface area contributed by atoms with Crippen molar-refractivity contribution >= 4 is 11.9 Å². The number of primary amides is 1. The minimum absolute atomic E-state index is 0.0415. The molecule has 0 atom stereocenters. The van der Waals surface area contributed by atoms with Crippen LogP contribution in [0.4, 0.5) is 0 Å². The van der Waals surface area contributed by atoms with Gasteiger partial charge in [-0.05, 0) is 35.7 Å². The third-order valence-corrected chi connectivity index (χ3v) is 3.20. The maximum Gasteiger partial charge on any atom is 0.303 e. The zero-order valence-corrected chi connectivity index (χ0v) is 12.0. The molecule has 3 N–H and O–H groups in total. The number of carbonyl (C=O) groups excluding carboxylic acids is 1. The van der Waals surface area contributed by atoms with E-state index in [4.69, 9.17) is 15.6 Å². The Hall–Kier alpha value is -2.82. The number of aliphatic carboxylic acids is 1. The van der Waals surface area contributed by atoms with Crippen LogP contribution < -0.4 is 10.5 Å². The van der Waals surface area contributed by atoms with Crippen LogP contribution in [0.1, 0.15) is 27.9 Å². The van der Waals surface area contributed by atoms with Crippen LogP contribution in [0.5, 0.6) is 5.75 Å². The Morgan fingerprint density at radius 2 is 1.82 bits per heavy atom. The van der Waals surface area contributed by atoms with Crippen molar-refractivity contribution in [2.24, 2.45) is 5.73 Å². The van der Waals surface area contributed by atoms with Crippen molar-refractivity contribution in [2.45, 2.75) is 19.4 Å². The Morgan fingerprint density at radius 3 is 2.45 bits per heavy atom. The second-order valence-electron chi connectivity index (χ2n) is 4.85. The molecule has 2 aromatic rings. The molecular formula is C17H17NO4. The quantitative estimate of drug-likeness (QED) is 0.821. The van der Waals surface area contributed by atoms with Crippen molar-refractivity contribution < 1.29 is 19.4 Å². The summed E-state index contributed by atoms with van der Waals surface area (Å²) in [6.45, 7) is 0.309. The predicted octanol–water partition coefficient (Wildman–Crippen LogP) is 2.38. The van der Waals surface area contributed by atoms with Gasteiger partial charge in [-0.3, -0.25) is 9.59 Å². The second kappa shape index (κ2) is 7.26. The van der Waals surface area contributed by atoms with Crippen molar-refractivity contribution in [3.05, 3.63) is 65.2 Å². The molecule has 0 saturated heterocycles. The van der Waals surface area contributed by atoms with Gasteiger partial charge in [-0.2, -0.15) is 0 Å². The molecule has 0 bridgehead atoms. The fraction of sp³-hybridized carbons (Fsp3) is 0.176. The summed E-state index contributed by atoms with van der Waals surface area (Å²) in [7, 11) is 0. The number of amides is 1. The number of ether oxygens (including phenoxy) is 1. The van der Waals surface area contributed by atoms with Crippen LogP contribution in [-0.2, 0) is 17.8 Å². The molecule has 2 rings (SSSR count). The number of carboxylic acid groups (broad SMARTS) is 1. The van der Waals surface area contributed by atoms with Gasteiger partial charge in [0, 0.05) is 12.0 Å². The molecule has 0 spiro atoms. The summed E-state index contributed by atoms with van der Waals surface area (Å²) in [4.78, 5) is 22.2. The normalized spacial score (nSPS) is 10.2. The van der Waals surface area contributed by atoms with Crippen molar-refractivity contribution in [3.63, 3.8) is 0 Å². The van der Waals surface area contributed by atoms with E-state index in [1.54, 1.807) is 12.1 Å². The molecule has 5 nitrogen and oxygen atoms in total. The number of rotatable bonds is 7. The molecule has 0 saturated carbocycles. The highest BCUT2D eigenvalue weighted by atomic mass is 16.5.